The van der Waals surface area contributed by atoms with E-state index < -0.39 is 23.5 Å². The second-order valence-corrected chi connectivity index (χ2v) is 8.40. The maximum Gasteiger partial charge on any atom is 0.290 e. The summed E-state index contributed by atoms with van der Waals surface area (Å²) in [7, 11) is 0. The number of Topliss-reactive ketones (excluding diaryl/α,β-unsaturated/α-hetero) is 1. The van der Waals surface area contributed by atoms with Gasteiger partial charge in [-0.25, -0.2) is 0 Å². The lowest BCUT2D eigenvalue weighted by Crippen LogP contribution is -2.30. The van der Waals surface area contributed by atoms with Crippen molar-refractivity contribution in [2.75, 3.05) is 0 Å². The number of benzene rings is 1. The molecule has 0 fully saturated rings. The highest BCUT2D eigenvalue weighted by atomic mass is 35.5. The second kappa shape index (κ2) is 7.71. The molecule has 0 aliphatic carbocycles. The Labute approximate surface area is 180 Å². The molecule has 0 spiro atoms. The van der Waals surface area contributed by atoms with Gasteiger partial charge in [-0.2, -0.15) is 0 Å². The number of hydrogen-bond acceptors (Lipinski definition) is 5. The van der Waals surface area contributed by atoms with Crippen molar-refractivity contribution >= 4 is 46.2 Å². The molecule has 29 heavy (non-hydrogen) atoms. The van der Waals surface area contributed by atoms with Crippen molar-refractivity contribution < 1.29 is 19.1 Å². The van der Waals surface area contributed by atoms with Crippen LogP contribution in [-0.2, 0) is 11.3 Å². The maximum atomic E-state index is 13.2. The quantitative estimate of drug-likeness (QED) is 0.506. The Morgan fingerprint density at radius 2 is 1.90 bits per heavy atom. The van der Waals surface area contributed by atoms with E-state index in [1.54, 1.807) is 31.2 Å². The van der Waals surface area contributed by atoms with Crippen molar-refractivity contribution in [1.82, 2.24) is 4.90 Å². The van der Waals surface area contributed by atoms with Crippen molar-refractivity contribution in [1.29, 1.82) is 0 Å². The van der Waals surface area contributed by atoms with Gasteiger partial charge in [-0.15, -0.1) is 11.3 Å². The molecule has 1 unspecified atom stereocenters. The lowest BCUT2D eigenvalue weighted by molar-refractivity contribution is -0.130. The smallest absolute Gasteiger partial charge is 0.290 e. The minimum Gasteiger partial charge on any atom is -0.503 e. The van der Waals surface area contributed by atoms with Gasteiger partial charge >= 0.3 is 0 Å². The monoisotopic (exact) mass is 447 g/mol. The summed E-state index contributed by atoms with van der Waals surface area (Å²) in [5.41, 5.74) is 0.285. The Morgan fingerprint density at radius 3 is 2.48 bits per heavy atom. The van der Waals surface area contributed by atoms with Crippen LogP contribution in [0.4, 0.5) is 0 Å². The number of rotatable bonds is 5. The van der Waals surface area contributed by atoms with Crippen LogP contribution in [0.2, 0.25) is 10.0 Å². The summed E-state index contributed by atoms with van der Waals surface area (Å²) in [5, 5.41) is 13.1. The average molecular weight is 448 g/mol. The van der Waals surface area contributed by atoms with Gasteiger partial charge in [-0.05, 0) is 42.6 Å². The number of carbonyl (C=O) groups excluding carboxylic acids is 2. The van der Waals surface area contributed by atoms with Gasteiger partial charge in [-0.3, -0.25) is 9.59 Å². The molecule has 1 aromatic carbocycles. The number of carbonyl (C=O) groups is 2. The first-order chi connectivity index (χ1) is 13.9. The molecule has 3 heterocycles. The fourth-order valence-corrected chi connectivity index (χ4v) is 4.69. The van der Waals surface area contributed by atoms with E-state index in [1.807, 2.05) is 17.5 Å². The summed E-state index contributed by atoms with van der Waals surface area (Å²) in [5.74, 6) is -1.30. The van der Waals surface area contributed by atoms with E-state index in [0.29, 0.717) is 21.4 Å². The van der Waals surface area contributed by atoms with E-state index >= 15 is 0 Å². The Kier molecular flexibility index (Phi) is 5.25. The number of nitrogens with zero attached hydrogens (tertiary/aromatic N) is 1. The van der Waals surface area contributed by atoms with Gasteiger partial charge in [0, 0.05) is 20.5 Å². The maximum absolute atomic E-state index is 13.2. The predicted octanol–water partition coefficient (Wildman–Crippen LogP) is 5.73. The molecule has 5 nitrogen and oxygen atoms in total. The highest BCUT2D eigenvalue weighted by molar-refractivity contribution is 7.09. The predicted molar refractivity (Wildman–Crippen MR) is 112 cm³/mol. The molecule has 8 heteroatoms. The SMILES string of the molecule is Cc1ccc(C(=O)C2=C(O)C(=O)N(Cc3cccs3)C2c2c(Cl)cccc2Cl)o1. The Morgan fingerprint density at radius 1 is 1.17 bits per heavy atom. The molecule has 1 aliphatic rings. The zero-order valence-electron chi connectivity index (χ0n) is 15.2. The van der Waals surface area contributed by atoms with Crippen molar-refractivity contribution in [3.8, 4) is 0 Å². The molecule has 1 aliphatic heterocycles. The fraction of sp³-hybridized carbons (Fsp3) is 0.143. The van der Waals surface area contributed by atoms with Gasteiger partial charge in [0.2, 0.25) is 5.78 Å². The number of ketones is 1. The summed E-state index contributed by atoms with van der Waals surface area (Å²) in [6, 6.07) is 10.9. The third-order valence-electron chi connectivity index (χ3n) is 4.69. The first kappa shape index (κ1) is 19.8. The molecule has 148 valence electrons. The van der Waals surface area contributed by atoms with Crippen LogP contribution in [-0.4, -0.2) is 21.7 Å². The van der Waals surface area contributed by atoms with Crippen LogP contribution in [0.3, 0.4) is 0 Å². The lowest BCUT2D eigenvalue weighted by atomic mass is 9.95. The molecule has 1 N–H and O–H groups in total. The number of thiophene rings is 1. The molecule has 1 atom stereocenters. The highest BCUT2D eigenvalue weighted by Gasteiger charge is 2.46. The number of aryl methyl sites for hydroxylation is 1. The fourth-order valence-electron chi connectivity index (χ4n) is 3.38. The molecule has 4 rings (SSSR count). The molecular formula is C21H15Cl2NO4S. The number of aliphatic hydroxyl groups excluding tert-OH is 1. The van der Waals surface area contributed by atoms with Crippen LogP contribution in [0.25, 0.3) is 0 Å². The van der Waals surface area contributed by atoms with Gasteiger partial charge in [0.1, 0.15) is 5.76 Å². The second-order valence-electron chi connectivity index (χ2n) is 6.55. The largest absolute Gasteiger partial charge is 0.503 e. The Balaban J connectivity index is 1.87. The van der Waals surface area contributed by atoms with Crippen molar-refractivity contribution in [2.45, 2.75) is 19.5 Å². The summed E-state index contributed by atoms with van der Waals surface area (Å²) >= 11 is 14.3. The van der Waals surface area contributed by atoms with Crippen molar-refractivity contribution in [2.24, 2.45) is 0 Å². The van der Waals surface area contributed by atoms with Crippen LogP contribution >= 0.6 is 34.5 Å². The Hall–Kier alpha value is -2.54. The van der Waals surface area contributed by atoms with Crippen LogP contribution in [0, 0.1) is 6.92 Å². The molecule has 2 aromatic heterocycles. The van der Waals surface area contributed by atoms with E-state index in [2.05, 4.69) is 0 Å². The van der Waals surface area contributed by atoms with E-state index in [-0.39, 0.29) is 17.9 Å². The van der Waals surface area contributed by atoms with Gasteiger partial charge < -0.3 is 14.4 Å². The minimum atomic E-state index is -0.941. The normalized spacial score (nSPS) is 16.7. The molecule has 1 amide bonds. The molecule has 0 radical (unpaired) electrons. The molecule has 0 saturated heterocycles. The first-order valence-corrected chi connectivity index (χ1v) is 10.3. The molecular weight excluding hydrogens is 433 g/mol. The third-order valence-corrected chi connectivity index (χ3v) is 6.21. The van der Waals surface area contributed by atoms with Gasteiger partial charge in [-0.1, -0.05) is 35.3 Å². The molecule has 3 aromatic rings. The van der Waals surface area contributed by atoms with E-state index in [9.17, 15) is 14.7 Å². The zero-order chi connectivity index (χ0) is 20.7. The summed E-state index contributed by atoms with van der Waals surface area (Å²) in [6.45, 7) is 1.90. The first-order valence-electron chi connectivity index (χ1n) is 8.70. The summed E-state index contributed by atoms with van der Waals surface area (Å²) < 4.78 is 5.44. The van der Waals surface area contributed by atoms with Gasteiger partial charge in [0.25, 0.3) is 5.91 Å². The third kappa shape index (κ3) is 3.48. The van der Waals surface area contributed by atoms with Crippen molar-refractivity contribution in [3.63, 3.8) is 0 Å². The number of amides is 1. The summed E-state index contributed by atoms with van der Waals surface area (Å²) in [4.78, 5) is 28.4. The standard InChI is InChI=1S/C21H15Cl2NO4S/c1-11-7-8-15(28-11)19(25)17-18(16-13(22)5-2-6-14(16)23)24(21(27)20(17)26)10-12-4-3-9-29-12/h2-9,18,26H,10H2,1H3. The highest BCUT2D eigenvalue weighted by Crippen LogP contribution is 2.45. The van der Waals surface area contributed by atoms with E-state index in [1.165, 1.54) is 22.3 Å². The topological polar surface area (TPSA) is 70.8 Å². The van der Waals surface area contributed by atoms with E-state index in [4.69, 9.17) is 27.6 Å². The number of furan rings is 1. The zero-order valence-corrected chi connectivity index (χ0v) is 17.5. The van der Waals surface area contributed by atoms with E-state index in [0.717, 1.165) is 4.88 Å². The van der Waals surface area contributed by atoms with Gasteiger partial charge in [0.05, 0.1) is 18.2 Å². The minimum absolute atomic E-state index is 0.0306. The Bertz CT molecular complexity index is 1110. The molecule has 0 bridgehead atoms. The number of hydrogen-bond donors (Lipinski definition) is 1. The van der Waals surface area contributed by atoms with Crippen molar-refractivity contribution in [3.05, 3.63) is 91.2 Å². The lowest BCUT2D eigenvalue weighted by Gasteiger charge is -2.27. The summed E-state index contributed by atoms with van der Waals surface area (Å²) in [6.07, 6.45) is 0. The van der Waals surface area contributed by atoms with Crippen LogP contribution < -0.4 is 0 Å². The molecule has 0 saturated carbocycles. The van der Waals surface area contributed by atoms with Crippen LogP contribution in [0.15, 0.2) is 63.6 Å². The average Bonchev–Trinajstić information content (AvgIpc) is 3.40. The van der Waals surface area contributed by atoms with Gasteiger partial charge in [0.15, 0.2) is 11.5 Å². The number of halogens is 2. The van der Waals surface area contributed by atoms with Crippen LogP contribution in [0.5, 0.6) is 0 Å². The number of aliphatic hydroxyl groups is 1. The van der Waals surface area contributed by atoms with Crippen LogP contribution in [0.1, 0.15) is 32.8 Å².